The van der Waals surface area contributed by atoms with E-state index in [0.29, 0.717) is 0 Å². The van der Waals surface area contributed by atoms with Crippen molar-refractivity contribution in [3.63, 3.8) is 0 Å². The molecular formula is C15H20O. The Labute approximate surface area is 98.2 Å². The van der Waals surface area contributed by atoms with E-state index in [1.165, 1.54) is 5.56 Å². The normalized spacial score (nSPS) is 12.0. The van der Waals surface area contributed by atoms with Gasteiger partial charge in [-0.25, -0.2) is 0 Å². The molecule has 0 aliphatic heterocycles. The molecule has 0 fully saturated rings. The number of hydrogen-bond acceptors (Lipinski definition) is 1. The number of allylic oxidation sites excluding steroid dienone is 2. The van der Waals surface area contributed by atoms with Crippen molar-refractivity contribution in [2.45, 2.75) is 34.1 Å². The molecule has 1 nitrogen and oxygen atoms in total. The molecule has 0 heterocycles. The summed E-state index contributed by atoms with van der Waals surface area (Å²) < 4.78 is 0. The van der Waals surface area contributed by atoms with Crippen molar-refractivity contribution in [1.82, 2.24) is 0 Å². The summed E-state index contributed by atoms with van der Waals surface area (Å²) in [6.45, 7) is 8.35. The Balaban J connectivity index is 2.77. The lowest BCUT2D eigenvalue weighted by atomic mass is 9.95. The molecule has 0 saturated carbocycles. The zero-order valence-corrected chi connectivity index (χ0v) is 10.6. The molecule has 0 aliphatic rings. The van der Waals surface area contributed by atoms with Gasteiger partial charge in [0, 0.05) is 5.56 Å². The van der Waals surface area contributed by atoms with Crippen LogP contribution in [0.15, 0.2) is 36.4 Å². The first-order valence-electron chi connectivity index (χ1n) is 5.75. The van der Waals surface area contributed by atoms with E-state index in [-0.39, 0.29) is 11.2 Å². The second-order valence-electron chi connectivity index (χ2n) is 5.11. The Hall–Kier alpha value is -1.37. The molecule has 0 N–H and O–H groups in total. The Kier molecular flexibility index (Phi) is 4.05. The maximum Gasteiger partial charge on any atom is 0.185 e. The van der Waals surface area contributed by atoms with Gasteiger partial charge in [-0.2, -0.15) is 0 Å². The molecule has 0 atom stereocenters. The molecule has 86 valence electrons. The molecule has 1 heteroatoms. The highest BCUT2D eigenvalue weighted by Crippen LogP contribution is 2.15. The summed E-state index contributed by atoms with van der Waals surface area (Å²) in [4.78, 5) is 11.8. The predicted octanol–water partition coefficient (Wildman–Crippen LogP) is 4.03. The molecule has 0 aliphatic carbocycles. The first-order valence-corrected chi connectivity index (χ1v) is 5.75. The lowest BCUT2D eigenvalue weighted by Gasteiger charge is -2.10. The predicted molar refractivity (Wildman–Crippen MR) is 68.7 cm³/mol. The molecule has 0 amide bonds. The van der Waals surface area contributed by atoms with Crippen LogP contribution in [0.4, 0.5) is 0 Å². The topological polar surface area (TPSA) is 17.1 Å². The van der Waals surface area contributed by atoms with Gasteiger partial charge in [0.2, 0.25) is 0 Å². The van der Waals surface area contributed by atoms with Crippen LogP contribution >= 0.6 is 0 Å². The van der Waals surface area contributed by atoms with Crippen molar-refractivity contribution >= 4 is 5.78 Å². The van der Waals surface area contributed by atoms with Gasteiger partial charge in [-0.3, -0.25) is 4.79 Å². The molecule has 0 radical (unpaired) electrons. The average molecular weight is 216 g/mol. The number of hydrogen-bond donors (Lipinski definition) is 0. The van der Waals surface area contributed by atoms with Gasteiger partial charge < -0.3 is 0 Å². The maximum atomic E-state index is 11.8. The number of carbonyl (C=O) groups excluding carboxylic acids is 1. The molecular weight excluding hydrogens is 196 g/mol. The first-order chi connectivity index (χ1) is 7.42. The average Bonchev–Trinajstić information content (AvgIpc) is 2.25. The van der Waals surface area contributed by atoms with Crippen molar-refractivity contribution in [3.05, 3.63) is 47.5 Å². The zero-order chi connectivity index (χ0) is 12.2. The molecule has 0 aromatic heterocycles. The third-order valence-corrected chi connectivity index (χ3v) is 2.38. The van der Waals surface area contributed by atoms with E-state index in [1.54, 1.807) is 6.08 Å². The summed E-state index contributed by atoms with van der Waals surface area (Å²) >= 11 is 0. The molecule has 0 unspecified atom stereocenters. The number of ketones is 1. The van der Waals surface area contributed by atoms with Gasteiger partial charge in [-0.15, -0.1) is 0 Å². The van der Waals surface area contributed by atoms with E-state index < -0.39 is 0 Å². The summed E-state index contributed by atoms with van der Waals surface area (Å²) in [6, 6.07) is 7.82. The van der Waals surface area contributed by atoms with Crippen LogP contribution in [0, 0.1) is 5.41 Å². The van der Waals surface area contributed by atoms with E-state index in [1.807, 2.05) is 30.3 Å². The molecule has 1 rings (SSSR count). The summed E-state index contributed by atoms with van der Waals surface area (Å²) in [5, 5.41) is 0. The van der Waals surface area contributed by atoms with Gasteiger partial charge in [0.05, 0.1) is 0 Å². The minimum Gasteiger partial charge on any atom is -0.289 e. The second kappa shape index (κ2) is 5.11. The monoisotopic (exact) mass is 216 g/mol. The SMILES string of the molecule is CCc1ccc(C(=O)/C=C/C(C)(C)C)cc1. The quantitative estimate of drug-likeness (QED) is 0.550. The first kappa shape index (κ1) is 12.7. The van der Waals surface area contributed by atoms with Gasteiger partial charge in [0.25, 0.3) is 0 Å². The van der Waals surface area contributed by atoms with E-state index in [0.717, 1.165) is 12.0 Å². The fourth-order valence-corrected chi connectivity index (χ4v) is 1.33. The second-order valence-corrected chi connectivity index (χ2v) is 5.11. The molecule has 1 aromatic rings. The van der Waals surface area contributed by atoms with E-state index in [9.17, 15) is 4.79 Å². The summed E-state index contributed by atoms with van der Waals surface area (Å²) in [5.74, 6) is 0.0811. The van der Waals surface area contributed by atoms with Gasteiger partial charge in [-0.05, 0) is 23.5 Å². The number of aryl methyl sites for hydroxylation is 1. The van der Waals surface area contributed by atoms with Crippen LogP contribution in [0.3, 0.4) is 0 Å². The smallest absolute Gasteiger partial charge is 0.185 e. The van der Waals surface area contributed by atoms with Gasteiger partial charge >= 0.3 is 0 Å². The van der Waals surface area contributed by atoms with Crippen LogP contribution in [-0.4, -0.2) is 5.78 Å². The van der Waals surface area contributed by atoms with Crippen LogP contribution in [0.2, 0.25) is 0 Å². The molecule has 0 spiro atoms. The lowest BCUT2D eigenvalue weighted by Crippen LogP contribution is -2.02. The van der Waals surface area contributed by atoms with Crippen LogP contribution in [0.1, 0.15) is 43.6 Å². The van der Waals surface area contributed by atoms with Crippen LogP contribution in [0.25, 0.3) is 0 Å². The Morgan fingerprint density at radius 1 is 1.19 bits per heavy atom. The van der Waals surface area contributed by atoms with Crippen LogP contribution < -0.4 is 0 Å². The Morgan fingerprint density at radius 3 is 2.19 bits per heavy atom. The van der Waals surface area contributed by atoms with Crippen molar-refractivity contribution in [1.29, 1.82) is 0 Å². The zero-order valence-electron chi connectivity index (χ0n) is 10.6. The number of carbonyl (C=O) groups is 1. The van der Waals surface area contributed by atoms with E-state index >= 15 is 0 Å². The highest BCUT2D eigenvalue weighted by atomic mass is 16.1. The van der Waals surface area contributed by atoms with Crippen molar-refractivity contribution in [2.24, 2.45) is 5.41 Å². The third-order valence-electron chi connectivity index (χ3n) is 2.38. The molecule has 1 aromatic carbocycles. The Morgan fingerprint density at radius 2 is 1.75 bits per heavy atom. The molecule has 16 heavy (non-hydrogen) atoms. The van der Waals surface area contributed by atoms with Crippen molar-refractivity contribution < 1.29 is 4.79 Å². The van der Waals surface area contributed by atoms with E-state index in [2.05, 4.69) is 27.7 Å². The fraction of sp³-hybridized carbons (Fsp3) is 0.400. The fourth-order valence-electron chi connectivity index (χ4n) is 1.33. The van der Waals surface area contributed by atoms with Crippen LogP contribution in [0.5, 0.6) is 0 Å². The third kappa shape index (κ3) is 4.01. The summed E-state index contributed by atoms with van der Waals surface area (Å²) in [7, 11) is 0. The highest BCUT2D eigenvalue weighted by Gasteiger charge is 2.06. The van der Waals surface area contributed by atoms with E-state index in [4.69, 9.17) is 0 Å². The summed E-state index contributed by atoms with van der Waals surface area (Å²) in [5.41, 5.74) is 2.08. The minimum absolute atomic E-state index is 0.0546. The minimum atomic E-state index is 0.0546. The maximum absolute atomic E-state index is 11.8. The van der Waals surface area contributed by atoms with Gasteiger partial charge in [0.1, 0.15) is 0 Å². The van der Waals surface area contributed by atoms with Crippen molar-refractivity contribution in [3.8, 4) is 0 Å². The standard InChI is InChI=1S/C15H20O/c1-5-12-6-8-13(9-7-12)14(16)10-11-15(2,3)4/h6-11H,5H2,1-4H3/b11-10+. The lowest BCUT2D eigenvalue weighted by molar-refractivity contribution is 0.104. The highest BCUT2D eigenvalue weighted by molar-refractivity contribution is 6.04. The number of benzene rings is 1. The Bertz CT molecular complexity index is 377. The molecule has 0 saturated heterocycles. The largest absolute Gasteiger partial charge is 0.289 e. The summed E-state index contributed by atoms with van der Waals surface area (Å²) in [6.07, 6.45) is 4.62. The van der Waals surface area contributed by atoms with Crippen LogP contribution in [-0.2, 0) is 6.42 Å². The molecule has 0 bridgehead atoms. The number of rotatable bonds is 3. The van der Waals surface area contributed by atoms with Crippen molar-refractivity contribution in [2.75, 3.05) is 0 Å². The van der Waals surface area contributed by atoms with Gasteiger partial charge in [0.15, 0.2) is 5.78 Å². The van der Waals surface area contributed by atoms with Gasteiger partial charge in [-0.1, -0.05) is 58.0 Å².